The first-order chi connectivity index (χ1) is 8.26. The summed E-state index contributed by atoms with van der Waals surface area (Å²) in [5.41, 5.74) is 1.57. The molecular weight excluding hydrogens is 270 g/mol. The number of allylic oxidation sites excluding steroid dienone is 4. The first kappa shape index (κ1) is 27.4. The van der Waals surface area contributed by atoms with Crippen LogP contribution in [0, 0.1) is 7.43 Å². The Labute approximate surface area is 136 Å². The Hall–Kier alpha value is 0.0743. The molecule has 0 bridgehead atoms. The van der Waals surface area contributed by atoms with Crippen LogP contribution in [0.3, 0.4) is 0 Å². The topological polar surface area (TPSA) is 42.3 Å². The van der Waals surface area contributed by atoms with Crippen LogP contribution in [0.25, 0.3) is 16.0 Å². The first-order valence-electron chi connectivity index (χ1n) is 6.20. The molecule has 0 spiro atoms. The van der Waals surface area contributed by atoms with Crippen molar-refractivity contribution < 1.29 is 21.7 Å². The van der Waals surface area contributed by atoms with Crippen LogP contribution in [0.1, 0.15) is 26.2 Å². The zero-order valence-corrected chi connectivity index (χ0v) is 15.2. The summed E-state index contributed by atoms with van der Waals surface area (Å²) >= 11 is 0. The zero-order chi connectivity index (χ0) is 13.4. The molecule has 0 aliphatic heterocycles. The van der Waals surface area contributed by atoms with E-state index in [0.717, 1.165) is 13.1 Å². The van der Waals surface area contributed by atoms with E-state index in [9.17, 15) is 0 Å². The van der Waals surface area contributed by atoms with Crippen molar-refractivity contribution in [3.05, 3.63) is 47.2 Å². The van der Waals surface area contributed by atoms with Gasteiger partial charge in [0.2, 0.25) is 0 Å². The first-order valence-corrected chi connectivity index (χ1v) is 6.20. The Bertz CT molecular complexity index is 190. The van der Waals surface area contributed by atoms with Gasteiger partial charge in [-0.25, -0.2) is 0 Å². The van der Waals surface area contributed by atoms with Gasteiger partial charge < -0.3 is 23.4 Å². The maximum absolute atomic E-state index is 4.29. The van der Waals surface area contributed by atoms with Crippen molar-refractivity contribution in [2.75, 3.05) is 41.3 Å². The Balaban J connectivity index is -0.000000122. The van der Waals surface area contributed by atoms with Gasteiger partial charge in [0.15, 0.2) is 0 Å². The van der Waals surface area contributed by atoms with Gasteiger partial charge in [0.1, 0.15) is 0 Å². The summed E-state index contributed by atoms with van der Waals surface area (Å²) in [7, 11) is 7.00. The average Bonchev–Trinajstić information content (AvgIpc) is 2.80. The molecule has 0 heterocycles. The minimum Gasteiger partial charge on any atom is -0.668 e. The predicted octanol–water partition coefficient (Wildman–Crippen LogP) is 4.73. The van der Waals surface area contributed by atoms with Gasteiger partial charge in [0, 0.05) is 0 Å². The smallest absolute Gasteiger partial charge is 0.668 e. The molecule has 1 aliphatic carbocycles. The van der Waals surface area contributed by atoms with E-state index in [4.69, 9.17) is 0 Å². The molecule has 0 N–H and O–H groups in total. The van der Waals surface area contributed by atoms with Crippen LogP contribution in [0.15, 0.2) is 23.8 Å². The van der Waals surface area contributed by atoms with Gasteiger partial charge in [-0.3, -0.25) is 0 Å². The van der Waals surface area contributed by atoms with E-state index >= 15 is 0 Å². The molecule has 0 aromatic carbocycles. The van der Waals surface area contributed by atoms with Gasteiger partial charge in [-0.2, -0.15) is 34.7 Å². The third kappa shape index (κ3) is 27.3. The van der Waals surface area contributed by atoms with E-state index in [1.165, 1.54) is 19.3 Å². The molecular formula is C15H31N3Ti. The number of nitrogens with zero attached hydrogens (tertiary/aromatic N) is 3. The monoisotopic (exact) mass is 301 g/mol. The Kier molecular flexibility index (Phi) is 38.4. The molecule has 0 fully saturated rings. The van der Waals surface area contributed by atoms with Crippen LogP contribution in [0.5, 0.6) is 0 Å². The summed E-state index contributed by atoms with van der Waals surface area (Å²) in [4.78, 5) is 0. The normalized spacial score (nSPS) is 10.9. The molecule has 4 heteroatoms. The van der Waals surface area contributed by atoms with E-state index in [2.05, 4.69) is 41.1 Å². The second kappa shape index (κ2) is 26.6. The van der Waals surface area contributed by atoms with Crippen molar-refractivity contribution in [1.82, 2.24) is 0 Å². The molecule has 110 valence electrons. The molecule has 0 radical (unpaired) electrons. The van der Waals surface area contributed by atoms with Crippen molar-refractivity contribution in [2.45, 2.75) is 26.2 Å². The molecule has 3 nitrogen and oxygen atoms in total. The van der Waals surface area contributed by atoms with E-state index in [1.807, 2.05) is 0 Å². The van der Waals surface area contributed by atoms with E-state index in [0.29, 0.717) is 0 Å². The summed E-state index contributed by atoms with van der Waals surface area (Å²) < 4.78 is 0. The van der Waals surface area contributed by atoms with E-state index in [1.54, 1.807) is 33.8 Å². The number of hydrogen-bond donors (Lipinski definition) is 0. The molecule has 0 aromatic heterocycles. The molecule has 0 saturated carbocycles. The van der Waals surface area contributed by atoms with Gasteiger partial charge >= 0.3 is 21.7 Å². The molecule has 0 saturated heterocycles. The van der Waals surface area contributed by atoms with Gasteiger partial charge in [0.25, 0.3) is 0 Å². The third-order valence-corrected chi connectivity index (χ3v) is 1.89. The summed E-state index contributed by atoms with van der Waals surface area (Å²) in [5, 5.41) is 11.3. The van der Waals surface area contributed by atoms with Crippen molar-refractivity contribution in [3.8, 4) is 0 Å². The Morgan fingerprint density at radius 2 is 1.63 bits per heavy atom. The second-order valence-electron chi connectivity index (χ2n) is 3.72. The van der Waals surface area contributed by atoms with Crippen molar-refractivity contribution in [3.63, 3.8) is 0 Å². The van der Waals surface area contributed by atoms with Crippen molar-refractivity contribution in [1.29, 1.82) is 0 Å². The van der Waals surface area contributed by atoms with Crippen LogP contribution in [0.4, 0.5) is 0 Å². The molecule has 1 rings (SSSR count). The minimum atomic E-state index is 0. The molecule has 1 aliphatic rings. The molecule has 0 amide bonds. The van der Waals surface area contributed by atoms with Gasteiger partial charge in [0.05, 0.1) is 0 Å². The molecule has 0 aromatic rings. The summed E-state index contributed by atoms with van der Waals surface area (Å²) in [5.74, 6) is 0. The Morgan fingerprint density at radius 3 is 2.00 bits per heavy atom. The van der Waals surface area contributed by atoms with E-state index < -0.39 is 0 Å². The SMILES string of the molecule is CC[N-]CCCC1=CC=CC1.C[N-]C.C[N-]C.[CH3-].[Ti+4]. The molecule has 19 heavy (non-hydrogen) atoms. The maximum Gasteiger partial charge on any atom is 4.00 e. The quantitative estimate of drug-likeness (QED) is 0.400. The largest absolute Gasteiger partial charge is 4.00 e. The third-order valence-electron chi connectivity index (χ3n) is 1.89. The van der Waals surface area contributed by atoms with Crippen LogP contribution in [0.2, 0.25) is 0 Å². The van der Waals surface area contributed by atoms with Crippen LogP contribution in [-0.2, 0) is 21.7 Å². The van der Waals surface area contributed by atoms with Gasteiger partial charge in [-0.1, -0.05) is 37.1 Å². The second-order valence-corrected chi connectivity index (χ2v) is 3.72. The Morgan fingerprint density at radius 1 is 1.11 bits per heavy atom. The summed E-state index contributed by atoms with van der Waals surface area (Å²) in [6, 6.07) is 0. The van der Waals surface area contributed by atoms with Crippen molar-refractivity contribution in [2.24, 2.45) is 0 Å². The van der Waals surface area contributed by atoms with Gasteiger partial charge in [-0.05, 0) is 12.8 Å². The average molecular weight is 301 g/mol. The van der Waals surface area contributed by atoms with Crippen LogP contribution in [-0.4, -0.2) is 41.3 Å². The fraction of sp³-hybridized carbons (Fsp3) is 0.667. The van der Waals surface area contributed by atoms with Crippen molar-refractivity contribution >= 4 is 0 Å². The summed E-state index contributed by atoms with van der Waals surface area (Å²) in [6.07, 6.45) is 10.2. The van der Waals surface area contributed by atoms with Gasteiger partial charge in [-0.15, -0.1) is 6.54 Å². The van der Waals surface area contributed by atoms with Crippen LogP contribution < -0.4 is 0 Å². The molecule has 0 atom stereocenters. The fourth-order valence-corrected chi connectivity index (χ4v) is 1.25. The predicted molar refractivity (Wildman–Crippen MR) is 86.7 cm³/mol. The van der Waals surface area contributed by atoms with Crippen LogP contribution >= 0.6 is 0 Å². The zero-order valence-electron chi connectivity index (χ0n) is 13.6. The van der Waals surface area contributed by atoms with E-state index in [-0.39, 0.29) is 29.1 Å². The number of rotatable bonds is 5. The summed E-state index contributed by atoms with van der Waals surface area (Å²) in [6.45, 7) is 4.10. The minimum absolute atomic E-state index is 0. The molecule has 0 unspecified atom stereocenters. The maximum atomic E-state index is 4.29. The standard InChI is InChI=1S/C10H16N.2C2H6N.CH3.Ti/c1-2-11-9-5-8-10-6-3-4-7-10;2*1-3-2;;/h3-4,6H,2,5,7-9H2,1H3;2*1-2H3;1H3;/q4*-1;+4. The fourth-order valence-electron chi connectivity index (χ4n) is 1.25. The number of hydrogen-bond acceptors (Lipinski definition) is 0.